The topological polar surface area (TPSA) is 118 Å². The van der Waals surface area contributed by atoms with Crippen molar-refractivity contribution in [3.05, 3.63) is 52.8 Å². The first-order valence-corrected chi connectivity index (χ1v) is 14.0. The Morgan fingerprint density at radius 1 is 1.32 bits per heavy atom. The molecule has 2 fully saturated rings. The van der Waals surface area contributed by atoms with Crippen LogP contribution in [0.1, 0.15) is 50.2 Å². The van der Waals surface area contributed by atoms with Gasteiger partial charge in [-0.1, -0.05) is 42.8 Å². The third-order valence-corrected chi connectivity index (χ3v) is 8.27. The number of nitrogens with two attached hydrogens (primary N) is 1. The SMILES string of the molecule is CCc1cccc(-c2c(C(O)(CCCCOC)C3CN(C(=O)C4CC(N)C(O)C4)CCO3)ccnc2Cl)c1. The van der Waals surface area contributed by atoms with Gasteiger partial charge < -0.3 is 30.3 Å². The van der Waals surface area contributed by atoms with Crippen LogP contribution in [0, 0.1) is 5.92 Å². The fourth-order valence-electron chi connectivity index (χ4n) is 5.77. The van der Waals surface area contributed by atoms with E-state index in [1.165, 1.54) is 0 Å². The number of hydrogen-bond acceptors (Lipinski definition) is 7. The Morgan fingerprint density at radius 2 is 2.13 bits per heavy atom. The van der Waals surface area contributed by atoms with Crippen LogP contribution in [0.5, 0.6) is 0 Å². The predicted molar refractivity (Wildman–Crippen MR) is 147 cm³/mol. The van der Waals surface area contributed by atoms with Gasteiger partial charge in [0.05, 0.1) is 19.3 Å². The number of pyridine rings is 1. The van der Waals surface area contributed by atoms with Gasteiger partial charge in [0, 0.05) is 44.0 Å². The Hall–Kier alpha value is -2.07. The van der Waals surface area contributed by atoms with Gasteiger partial charge in [-0.3, -0.25) is 4.79 Å². The highest BCUT2D eigenvalue weighted by atomic mass is 35.5. The zero-order valence-corrected chi connectivity index (χ0v) is 23.1. The number of carbonyl (C=O) groups excluding carboxylic acids is 1. The van der Waals surface area contributed by atoms with Gasteiger partial charge in [-0.25, -0.2) is 4.98 Å². The molecule has 0 radical (unpaired) electrons. The third-order valence-electron chi connectivity index (χ3n) is 7.99. The van der Waals surface area contributed by atoms with E-state index in [-0.39, 0.29) is 24.4 Å². The molecule has 38 heavy (non-hydrogen) atoms. The number of rotatable bonds is 10. The van der Waals surface area contributed by atoms with Gasteiger partial charge in [0.2, 0.25) is 5.91 Å². The van der Waals surface area contributed by atoms with Gasteiger partial charge in [-0.15, -0.1) is 0 Å². The van der Waals surface area contributed by atoms with Crippen LogP contribution < -0.4 is 5.73 Å². The number of aromatic nitrogens is 1. The van der Waals surface area contributed by atoms with E-state index >= 15 is 0 Å². The molecular formula is C29H40ClN3O5. The van der Waals surface area contributed by atoms with Crippen molar-refractivity contribution in [2.45, 2.75) is 69.3 Å². The quantitative estimate of drug-likeness (QED) is 0.310. The summed E-state index contributed by atoms with van der Waals surface area (Å²) in [6.45, 7) is 3.64. The van der Waals surface area contributed by atoms with Gasteiger partial charge in [0.1, 0.15) is 16.9 Å². The number of nitrogens with zero attached hydrogens (tertiary/aromatic N) is 2. The lowest BCUT2D eigenvalue weighted by Gasteiger charge is -2.43. The Balaban J connectivity index is 1.69. The minimum absolute atomic E-state index is 0.0457. The number of aliphatic hydroxyl groups excluding tert-OH is 1. The summed E-state index contributed by atoms with van der Waals surface area (Å²) in [6.07, 6.45) is 3.82. The number of halogens is 1. The number of hydrogen-bond donors (Lipinski definition) is 3. The van der Waals surface area contributed by atoms with Crippen LogP contribution in [0.25, 0.3) is 11.1 Å². The largest absolute Gasteiger partial charge is 0.391 e. The maximum Gasteiger partial charge on any atom is 0.226 e. The second kappa shape index (κ2) is 12.9. The van der Waals surface area contributed by atoms with E-state index in [9.17, 15) is 15.0 Å². The van der Waals surface area contributed by atoms with Crippen molar-refractivity contribution in [3.8, 4) is 11.1 Å². The molecule has 1 saturated carbocycles. The van der Waals surface area contributed by atoms with Crippen molar-refractivity contribution >= 4 is 17.5 Å². The fraction of sp³-hybridized carbons (Fsp3) is 0.586. The summed E-state index contributed by atoms with van der Waals surface area (Å²) in [4.78, 5) is 19.5. The Bertz CT molecular complexity index is 1090. The number of aryl methyl sites for hydroxylation is 1. The number of ether oxygens (including phenoxy) is 2. The molecule has 208 valence electrons. The van der Waals surface area contributed by atoms with Crippen LogP contribution in [0.4, 0.5) is 0 Å². The Morgan fingerprint density at radius 3 is 2.84 bits per heavy atom. The van der Waals surface area contributed by atoms with Crippen LogP contribution >= 0.6 is 11.6 Å². The molecule has 5 atom stereocenters. The average molecular weight is 546 g/mol. The molecule has 2 aromatic rings. The summed E-state index contributed by atoms with van der Waals surface area (Å²) >= 11 is 6.70. The average Bonchev–Trinajstić information content (AvgIpc) is 3.28. The smallest absolute Gasteiger partial charge is 0.226 e. The highest BCUT2D eigenvalue weighted by Gasteiger charge is 2.46. The number of aliphatic hydroxyl groups is 2. The first-order chi connectivity index (χ1) is 18.3. The number of unbranched alkanes of at least 4 members (excludes halogenated alkanes) is 1. The molecule has 0 spiro atoms. The van der Waals surface area contributed by atoms with Crippen LogP contribution in [0.15, 0.2) is 36.5 Å². The molecule has 2 aliphatic rings. The molecule has 8 nitrogen and oxygen atoms in total. The first-order valence-electron chi connectivity index (χ1n) is 13.6. The summed E-state index contributed by atoms with van der Waals surface area (Å²) in [7, 11) is 1.66. The van der Waals surface area contributed by atoms with Gasteiger partial charge in [-0.2, -0.15) is 0 Å². The van der Waals surface area contributed by atoms with E-state index < -0.39 is 17.8 Å². The molecular weight excluding hydrogens is 506 g/mol. The van der Waals surface area contributed by atoms with E-state index in [4.69, 9.17) is 26.8 Å². The molecule has 1 amide bonds. The van der Waals surface area contributed by atoms with Gasteiger partial charge in [0.15, 0.2) is 0 Å². The van der Waals surface area contributed by atoms with Gasteiger partial charge in [-0.05, 0) is 61.3 Å². The number of benzene rings is 1. The van der Waals surface area contributed by atoms with Crippen molar-refractivity contribution in [3.63, 3.8) is 0 Å². The van der Waals surface area contributed by atoms with Crippen molar-refractivity contribution in [1.29, 1.82) is 0 Å². The van der Waals surface area contributed by atoms with E-state index in [1.807, 2.05) is 18.2 Å². The molecule has 1 aromatic carbocycles. The Labute approximate surface area is 230 Å². The van der Waals surface area contributed by atoms with Crippen LogP contribution in [-0.4, -0.2) is 77.7 Å². The minimum Gasteiger partial charge on any atom is -0.391 e. The lowest BCUT2D eigenvalue weighted by Crippen LogP contribution is -2.55. The molecule has 5 unspecified atom stereocenters. The third kappa shape index (κ3) is 6.22. The summed E-state index contributed by atoms with van der Waals surface area (Å²) in [5.74, 6) is -0.369. The maximum absolute atomic E-state index is 13.4. The van der Waals surface area contributed by atoms with Crippen LogP contribution in [-0.2, 0) is 26.3 Å². The number of methoxy groups -OCH3 is 1. The maximum atomic E-state index is 13.4. The van der Waals surface area contributed by atoms with Crippen molar-refractivity contribution in [2.24, 2.45) is 11.7 Å². The highest BCUT2D eigenvalue weighted by Crippen LogP contribution is 2.42. The summed E-state index contributed by atoms with van der Waals surface area (Å²) in [5, 5.41) is 22.9. The summed E-state index contributed by atoms with van der Waals surface area (Å²) in [5.41, 5.74) is 7.90. The number of carbonyl (C=O) groups is 1. The Kier molecular flexibility index (Phi) is 9.79. The second-order valence-electron chi connectivity index (χ2n) is 10.5. The van der Waals surface area contributed by atoms with E-state index in [2.05, 4.69) is 24.0 Å². The first kappa shape index (κ1) is 28.9. The van der Waals surface area contributed by atoms with Crippen molar-refractivity contribution in [2.75, 3.05) is 33.4 Å². The zero-order valence-electron chi connectivity index (χ0n) is 22.3. The molecule has 9 heteroatoms. The van der Waals surface area contributed by atoms with E-state index in [1.54, 1.807) is 18.2 Å². The van der Waals surface area contributed by atoms with Gasteiger partial charge in [0.25, 0.3) is 0 Å². The summed E-state index contributed by atoms with van der Waals surface area (Å²) in [6, 6.07) is 9.51. The van der Waals surface area contributed by atoms with E-state index in [0.717, 1.165) is 24.0 Å². The predicted octanol–water partition coefficient (Wildman–Crippen LogP) is 3.29. The lowest BCUT2D eigenvalue weighted by molar-refractivity contribution is -0.167. The number of amides is 1. The fourth-order valence-corrected chi connectivity index (χ4v) is 6.04. The minimum atomic E-state index is -1.43. The monoisotopic (exact) mass is 545 g/mol. The van der Waals surface area contributed by atoms with Crippen LogP contribution in [0.2, 0.25) is 5.15 Å². The normalized spacial score (nSPS) is 25.4. The highest BCUT2D eigenvalue weighted by molar-refractivity contribution is 6.32. The van der Waals surface area contributed by atoms with E-state index in [0.29, 0.717) is 61.7 Å². The molecule has 1 aliphatic carbocycles. The zero-order chi connectivity index (χ0) is 27.3. The second-order valence-corrected chi connectivity index (χ2v) is 10.9. The standard InChI is InChI=1S/C29H40ClN3O5/c1-3-19-7-6-8-20(15-19)26-22(9-11-32-27(26)30)29(36,10-4-5-13-37-2)25-18-33(12-14-38-25)28(35)21-16-23(31)24(34)17-21/h6-9,11,15,21,23-25,34,36H,3-5,10,12-14,16-18,31H2,1-2H3. The van der Waals surface area contributed by atoms with Crippen molar-refractivity contribution in [1.82, 2.24) is 9.88 Å². The molecule has 0 bridgehead atoms. The molecule has 4 N–H and O–H groups in total. The van der Waals surface area contributed by atoms with Crippen LogP contribution in [0.3, 0.4) is 0 Å². The molecule has 1 aromatic heterocycles. The molecule has 4 rings (SSSR count). The molecule has 2 heterocycles. The molecule has 1 aliphatic heterocycles. The molecule has 1 saturated heterocycles. The summed E-state index contributed by atoms with van der Waals surface area (Å²) < 4.78 is 11.4. The van der Waals surface area contributed by atoms with Gasteiger partial charge >= 0.3 is 0 Å². The lowest BCUT2D eigenvalue weighted by atomic mass is 9.79. The number of morpholine rings is 1. The van der Waals surface area contributed by atoms with Crippen molar-refractivity contribution < 1.29 is 24.5 Å².